The normalized spacial score (nSPS) is 23.8. The van der Waals surface area contributed by atoms with E-state index in [4.69, 9.17) is 16.7 Å². The van der Waals surface area contributed by atoms with E-state index in [2.05, 4.69) is 5.32 Å². The Morgan fingerprint density at radius 1 is 1.37 bits per heavy atom. The first-order chi connectivity index (χ1) is 8.75. The summed E-state index contributed by atoms with van der Waals surface area (Å²) in [7, 11) is 0. The second-order valence-corrected chi connectivity index (χ2v) is 5.64. The Morgan fingerprint density at radius 3 is 2.47 bits per heavy atom. The number of amides is 1. The van der Waals surface area contributed by atoms with Gasteiger partial charge in [-0.2, -0.15) is 0 Å². The molecule has 0 heterocycles. The minimum Gasteiger partial charge on any atom is -0.481 e. The lowest BCUT2D eigenvalue weighted by Gasteiger charge is -2.06. The predicted molar refractivity (Wildman–Crippen MR) is 68.4 cm³/mol. The number of carboxylic acid groups (broad SMARTS) is 1. The van der Waals surface area contributed by atoms with Crippen LogP contribution in [0.2, 0.25) is 5.02 Å². The zero-order valence-electron chi connectivity index (χ0n) is 10.4. The summed E-state index contributed by atoms with van der Waals surface area (Å²) in [6, 6.07) is 3.81. The number of carboxylic acids is 1. The van der Waals surface area contributed by atoms with Gasteiger partial charge in [-0.3, -0.25) is 9.59 Å². The molecule has 4 nitrogen and oxygen atoms in total. The third kappa shape index (κ3) is 2.42. The third-order valence-electron chi connectivity index (χ3n) is 3.56. The number of nitrogens with one attached hydrogen (secondary N) is 1. The van der Waals surface area contributed by atoms with E-state index < -0.39 is 29.0 Å². The van der Waals surface area contributed by atoms with Crippen LogP contribution in [-0.4, -0.2) is 17.0 Å². The highest BCUT2D eigenvalue weighted by atomic mass is 35.5. The molecule has 2 N–H and O–H groups in total. The van der Waals surface area contributed by atoms with E-state index >= 15 is 0 Å². The van der Waals surface area contributed by atoms with Crippen molar-refractivity contribution in [3.05, 3.63) is 29.0 Å². The summed E-state index contributed by atoms with van der Waals surface area (Å²) in [4.78, 5) is 23.0. The number of carbonyl (C=O) groups excluding carboxylic acids is 1. The molecule has 1 aromatic carbocycles. The van der Waals surface area contributed by atoms with Crippen LogP contribution in [0.3, 0.4) is 0 Å². The van der Waals surface area contributed by atoms with Crippen LogP contribution in [0.15, 0.2) is 18.2 Å². The van der Waals surface area contributed by atoms with E-state index in [9.17, 15) is 14.0 Å². The molecule has 2 atom stereocenters. The standard InChI is InChI=1S/C13H13ClFNO3/c1-13(2)9(10(13)12(18)19)11(17)16-6-3-4-8(15)7(14)5-6/h3-5,9-10H,1-2H3,(H,16,17)(H,18,19). The summed E-state index contributed by atoms with van der Waals surface area (Å²) in [6.07, 6.45) is 0. The highest BCUT2D eigenvalue weighted by Crippen LogP contribution is 2.58. The summed E-state index contributed by atoms with van der Waals surface area (Å²) in [6.45, 7) is 3.46. The summed E-state index contributed by atoms with van der Waals surface area (Å²) in [5.74, 6) is -3.23. The van der Waals surface area contributed by atoms with Crippen LogP contribution >= 0.6 is 11.6 Å². The maximum atomic E-state index is 13.0. The molecule has 1 amide bonds. The summed E-state index contributed by atoms with van der Waals surface area (Å²) >= 11 is 5.61. The second kappa shape index (κ2) is 4.49. The van der Waals surface area contributed by atoms with E-state index in [-0.39, 0.29) is 10.9 Å². The van der Waals surface area contributed by atoms with Gasteiger partial charge in [0.1, 0.15) is 5.82 Å². The van der Waals surface area contributed by atoms with Gasteiger partial charge in [0.2, 0.25) is 5.91 Å². The average Bonchev–Trinajstić information content (AvgIpc) is 2.87. The molecule has 0 saturated heterocycles. The van der Waals surface area contributed by atoms with Gasteiger partial charge >= 0.3 is 5.97 Å². The first-order valence-electron chi connectivity index (χ1n) is 5.74. The number of aliphatic carboxylic acids is 1. The van der Waals surface area contributed by atoms with Crippen LogP contribution in [0.4, 0.5) is 10.1 Å². The molecular weight excluding hydrogens is 273 g/mol. The first kappa shape index (κ1) is 13.8. The number of anilines is 1. The topological polar surface area (TPSA) is 66.4 Å². The first-order valence-corrected chi connectivity index (χ1v) is 6.11. The van der Waals surface area contributed by atoms with Crippen molar-refractivity contribution in [2.45, 2.75) is 13.8 Å². The maximum Gasteiger partial charge on any atom is 0.307 e. The molecule has 0 bridgehead atoms. The van der Waals surface area contributed by atoms with Gasteiger partial charge in [-0.15, -0.1) is 0 Å². The minimum atomic E-state index is -0.984. The fraction of sp³-hybridized carbons (Fsp3) is 0.385. The van der Waals surface area contributed by atoms with Crippen molar-refractivity contribution in [3.63, 3.8) is 0 Å². The van der Waals surface area contributed by atoms with E-state index in [0.29, 0.717) is 5.69 Å². The van der Waals surface area contributed by atoms with Crippen LogP contribution < -0.4 is 5.32 Å². The maximum absolute atomic E-state index is 13.0. The van der Waals surface area contributed by atoms with Gasteiger partial charge in [0.05, 0.1) is 16.9 Å². The molecule has 0 radical (unpaired) electrons. The number of benzene rings is 1. The smallest absolute Gasteiger partial charge is 0.307 e. The van der Waals surface area contributed by atoms with Crippen molar-refractivity contribution < 1.29 is 19.1 Å². The van der Waals surface area contributed by atoms with Gasteiger partial charge in [-0.05, 0) is 23.6 Å². The summed E-state index contributed by atoms with van der Waals surface area (Å²) in [5.41, 5.74) is -0.219. The van der Waals surface area contributed by atoms with Crippen molar-refractivity contribution in [2.75, 3.05) is 5.32 Å². The molecule has 0 aliphatic heterocycles. The molecule has 1 fully saturated rings. The predicted octanol–water partition coefficient (Wildman–Crippen LogP) is 2.77. The Labute approximate surface area is 114 Å². The van der Waals surface area contributed by atoms with Crippen LogP contribution in [0.1, 0.15) is 13.8 Å². The van der Waals surface area contributed by atoms with Crippen LogP contribution in [0.25, 0.3) is 0 Å². The van der Waals surface area contributed by atoms with Crippen LogP contribution in [-0.2, 0) is 9.59 Å². The van der Waals surface area contributed by atoms with Crippen molar-refractivity contribution in [2.24, 2.45) is 17.3 Å². The molecule has 19 heavy (non-hydrogen) atoms. The Kier molecular flexibility index (Phi) is 3.26. The number of hydrogen-bond donors (Lipinski definition) is 2. The summed E-state index contributed by atoms with van der Waals surface area (Å²) < 4.78 is 13.0. The van der Waals surface area contributed by atoms with E-state index in [1.165, 1.54) is 12.1 Å². The molecule has 1 aliphatic rings. The Balaban J connectivity index is 2.10. The molecule has 1 saturated carbocycles. The number of hydrogen-bond acceptors (Lipinski definition) is 2. The minimum absolute atomic E-state index is 0.0948. The molecule has 1 aromatic rings. The molecule has 6 heteroatoms. The number of halogens is 2. The zero-order chi connectivity index (χ0) is 14.4. The SMILES string of the molecule is CC1(C)C(C(=O)O)C1C(=O)Nc1ccc(F)c(Cl)c1. The fourth-order valence-corrected chi connectivity index (χ4v) is 2.56. The highest BCUT2D eigenvalue weighted by Gasteiger charge is 2.65. The molecule has 2 rings (SSSR count). The molecule has 0 aromatic heterocycles. The van der Waals surface area contributed by atoms with Gasteiger partial charge in [0, 0.05) is 5.69 Å². The third-order valence-corrected chi connectivity index (χ3v) is 3.85. The van der Waals surface area contributed by atoms with E-state index in [1.807, 2.05) is 0 Å². The lowest BCUT2D eigenvalue weighted by atomic mass is 10.1. The molecule has 1 aliphatic carbocycles. The molecule has 102 valence electrons. The van der Waals surface area contributed by atoms with Gasteiger partial charge in [0.15, 0.2) is 0 Å². The van der Waals surface area contributed by atoms with Crippen LogP contribution in [0.5, 0.6) is 0 Å². The van der Waals surface area contributed by atoms with E-state index in [0.717, 1.165) is 6.07 Å². The van der Waals surface area contributed by atoms with Gasteiger partial charge < -0.3 is 10.4 Å². The van der Waals surface area contributed by atoms with Gasteiger partial charge in [-0.25, -0.2) is 4.39 Å². The fourth-order valence-electron chi connectivity index (χ4n) is 2.38. The largest absolute Gasteiger partial charge is 0.481 e. The number of rotatable bonds is 3. The van der Waals surface area contributed by atoms with Crippen molar-refractivity contribution in [1.82, 2.24) is 0 Å². The van der Waals surface area contributed by atoms with Crippen molar-refractivity contribution in [3.8, 4) is 0 Å². The lowest BCUT2D eigenvalue weighted by Crippen LogP contribution is -2.17. The monoisotopic (exact) mass is 285 g/mol. The van der Waals surface area contributed by atoms with Gasteiger partial charge in [-0.1, -0.05) is 25.4 Å². The zero-order valence-corrected chi connectivity index (χ0v) is 11.2. The van der Waals surface area contributed by atoms with E-state index in [1.54, 1.807) is 13.8 Å². The quantitative estimate of drug-likeness (QED) is 0.897. The molecule has 0 spiro atoms. The highest BCUT2D eigenvalue weighted by molar-refractivity contribution is 6.31. The average molecular weight is 286 g/mol. The molecule has 2 unspecified atom stereocenters. The van der Waals surface area contributed by atoms with Crippen molar-refractivity contribution in [1.29, 1.82) is 0 Å². The number of carbonyl (C=O) groups is 2. The Morgan fingerprint density at radius 2 is 2.00 bits per heavy atom. The van der Waals surface area contributed by atoms with Gasteiger partial charge in [0.25, 0.3) is 0 Å². The Bertz CT molecular complexity index is 559. The lowest BCUT2D eigenvalue weighted by molar-refractivity contribution is -0.140. The molecular formula is C13H13ClFNO3. The summed E-state index contributed by atoms with van der Waals surface area (Å²) in [5, 5.41) is 11.5. The second-order valence-electron chi connectivity index (χ2n) is 5.23. The van der Waals surface area contributed by atoms with Crippen LogP contribution in [0, 0.1) is 23.1 Å². The van der Waals surface area contributed by atoms with Crippen molar-refractivity contribution >= 4 is 29.2 Å². The Hall–Kier alpha value is -1.62.